The van der Waals surface area contributed by atoms with Gasteiger partial charge in [-0.2, -0.15) is 9.99 Å². The smallest absolute Gasteiger partial charge is 0.211 e. The molecule has 9 nitrogen and oxygen atoms in total. The summed E-state index contributed by atoms with van der Waals surface area (Å²) < 4.78 is 8.76. The monoisotopic (exact) mass is 378 g/mol. The van der Waals surface area contributed by atoms with Gasteiger partial charge in [-0.3, -0.25) is 0 Å². The van der Waals surface area contributed by atoms with Crippen molar-refractivity contribution in [1.29, 1.82) is 5.26 Å². The average Bonchev–Trinajstić information content (AvgIpc) is 3.25. The molecule has 1 aliphatic heterocycles. The summed E-state index contributed by atoms with van der Waals surface area (Å²) in [6.07, 6.45) is 5.79. The zero-order valence-electron chi connectivity index (χ0n) is 15.0. The Morgan fingerprint density at radius 1 is 1.32 bits per heavy atom. The molecule has 142 valence electrons. The fourth-order valence-electron chi connectivity index (χ4n) is 3.84. The van der Waals surface area contributed by atoms with E-state index in [0.717, 1.165) is 5.56 Å². The number of ether oxygens (including phenoxy) is 1. The minimum Gasteiger partial charge on any atom is -0.406 e. The van der Waals surface area contributed by atoms with Crippen LogP contribution in [0.5, 0.6) is 0 Å². The molecule has 2 aliphatic rings. The summed E-state index contributed by atoms with van der Waals surface area (Å²) in [5.74, 6) is 0. The maximum Gasteiger partial charge on any atom is 0.211 e. The number of hydrogen-bond donors (Lipinski definition) is 1. The summed E-state index contributed by atoms with van der Waals surface area (Å²) in [5.41, 5.74) is 1.94. The van der Waals surface area contributed by atoms with Gasteiger partial charge in [-0.1, -0.05) is 30.3 Å². The highest BCUT2D eigenvalue weighted by molar-refractivity contribution is 5.69. The third kappa shape index (κ3) is 2.74. The van der Waals surface area contributed by atoms with Crippen LogP contribution >= 0.6 is 0 Å². The van der Waals surface area contributed by atoms with Gasteiger partial charge in [-0.15, -0.1) is 4.99 Å². The fourth-order valence-corrected chi connectivity index (χ4v) is 3.84. The Labute approximate surface area is 160 Å². The summed E-state index contributed by atoms with van der Waals surface area (Å²) in [4.78, 5) is 18.6. The summed E-state index contributed by atoms with van der Waals surface area (Å²) in [6, 6.07) is 9.72. The molecule has 28 heavy (non-hydrogen) atoms. The van der Waals surface area contributed by atoms with Crippen LogP contribution in [0.15, 0.2) is 48.0 Å². The molecule has 2 aromatic heterocycles. The molecule has 0 bridgehead atoms. The highest BCUT2D eigenvalue weighted by Gasteiger charge is 2.57. The minimum absolute atomic E-state index is 0.0334. The zero-order valence-corrected chi connectivity index (χ0v) is 15.0. The Kier molecular flexibility index (Phi) is 3.89. The number of nitriles is 1. The molecule has 9 heteroatoms. The molecule has 1 aromatic carbocycles. The Morgan fingerprint density at radius 3 is 2.86 bits per heavy atom. The molecule has 5 rings (SSSR count). The number of rotatable bonds is 4. The SMILES string of the molecule is N#CN=c1c2ncn([C@@H]3C[C@H](O)[C@@]4(CO4)C3)c2ncn1OCc1ccccc1. The van der Waals surface area contributed by atoms with Crippen molar-refractivity contribution in [2.45, 2.75) is 37.2 Å². The Hall–Kier alpha value is -3.22. The van der Waals surface area contributed by atoms with E-state index in [1.807, 2.05) is 41.1 Å². The van der Waals surface area contributed by atoms with Crippen molar-refractivity contribution in [1.82, 2.24) is 19.3 Å². The molecule has 1 saturated heterocycles. The molecular formula is C19H18N6O3. The molecule has 0 unspecified atom stereocenters. The predicted molar refractivity (Wildman–Crippen MR) is 96.4 cm³/mol. The van der Waals surface area contributed by atoms with E-state index in [9.17, 15) is 5.11 Å². The van der Waals surface area contributed by atoms with Crippen LogP contribution in [0.1, 0.15) is 24.4 Å². The highest BCUT2D eigenvalue weighted by Crippen LogP contribution is 2.48. The van der Waals surface area contributed by atoms with Gasteiger partial charge in [-0.05, 0) is 12.0 Å². The van der Waals surface area contributed by atoms with Crippen LogP contribution < -0.4 is 10.3 Å². The maximum absolute atomic E-state index is 10.3. The number of epoxide rings is 1. The lowest BCUT2D eigenvalue weighted by molar-refractivity contribution is 0.0862. The van der Waals surface area contributed by atoms with E-state index >= 15 is 0 Å². The number of aliphatic hydroxyl groups is 1. The molecule has 2 fully saturated rings. The van der Waals surface area contributed by atoms with E-state index in [4.69, 9.17) is 14.8 Å². The van der Waals surface area contributed by atoms with E-state index in [-0.39, 0.29) is 11.5 Å². The largest absolute Gasteiger partial charge is 0.406 e. The van der Waals surface area contributed by atoms with Gasteiger partial charge in [0.25, 0.3) is 0 Å². The summed E-state index contributed by atoms with van der Waals surface area (Å²) in [7, 11) is 0. The molecule has 0 amide bonds. The van der Waals surface area contributed by atoms with Crippen molar-refractivity contribution in [3.8, 4) is 6.19 Å². The van der Waals surface area contributed by atoms with Gasteiger partial charge in [0, 0.05) is 12.5 Å². The highest BCUT2D eigenvalue weighted by atomic mass is 16.7. The maximum atomic E-state index is 10.3. The van der Waals surface area contributed by atoms with Gasteiger partial charge in [0.2, 0.25) is 11.7 Å². The molecule has 3 heterocycles. The van der Waals surface area contributed by atoms with Crippen LogP contribution in [0.4, 0.5) is 0 Å². The second-order valence-electron chi connectivity index (χ2n) is 7.15. The van der Waals surface area contributed by atoms with E-state index < -0.39 is 11.7 Å². The Morgan fingerprint density at radius 2 is 2.14 bits per heavy atom. The van der Waals surface area contributed by atoms with E-state index in [0.29, 0.717) is 37.2 Å². The van der Waals surface area contributed by atoms with Crippen LogP contribution in [0.2, 0.25) is 0 Å². The van der Waals surface area contributed by atoms with Crippen molar-refractivity contribution in [2.75, 3.05) is 6.61 Å². The first-order valence-corrected chi connectivity index (χ1v) is 9.06. The molecule has 1 N–H and O–H groups in total. The lowest BCUT2D eigenvalue weighted by Crippen LogP contribution is -2.28. The molecule has 1 spiro atoms. The average molecular weight is 378 g/mol. The van der Waals surface area contributed by atoms with Gasteiger partial charge in [-0.25, -0.2) is 9.97 Å². The topological polar surface area (TPSA) is 114 Å². The predicted octanol–water partition coefficient (Wildman–Crippen LogP) is 0.708. The van der Waals surface area contributed by atoms with Crippen LogP contribution in [-0.2, 0) is 11.3 Å². The number of nitrogens with zero attached hydrogens (tertiary/aromatic N) is 6. The first-order chi connectivity index (χ1) is 13.7. The van der Waals surface area contributed by atoms with Crippen LogP contribution in [0.25, 0.3) is 11.2 Å². The van der Waals surface area contributed by atoms with Crippen molar-refractivity contribution in [3.63, 3.8) is 0 Å². The lowest BCUT2D eigenvalue weighted by atomic mass is 10.1. The normalized spacial score (nSPS) is 26.6. The zero-order chi connectivity index (χ0) is 19.1. The number of benzene rings is 1. The van der Waals surface area contributed by atoms with Gasteiger partial charge in [0.1, 0.15) is 18.5 Å². The summed E-state index contributed by atoms with van der Waals surface area (Å²) in [5, 5.41) is 19.4. The standard InChI is InChI=1S/C19H18N6O3/c20-10-21-18-16-17(23-12-25(18)28-8-13-4-2-1-3-5-13)24(11-22-16)14-6-15(26)19(7-14)9-27-19/h1-5,11-12,14-15,26H,6-9H2/t14-,15+,19+/m1/s1. The number of imidazole rings is 1. The molecule has 3 atom stereocenters. The molecule has 1 saturated carbocycles. The first kappa shape index (κ1) is 16.9. The van der Waals surface area contributed by atoms with Crippen molar-refractivity contribution in [2.24, 2.45) is 4.99 Å². The van der Waals surface area contributed by atoms with Gasteiger partial charge >= 0.3 is 0 Å². The molecule has 0 radical (unpaired) electrons. The Balaban J connectivity index is 1.49. The van der Waals surface area contributed by atoms with Gasteiger partial charge in [0.15, 0.2) is 11.2 Å². The number of fused-ring (bicyclic) bond motifs is 1. The van der Waals surface area contributed by atoms with Crippen LogP contribution in [0.3, 0.4) is 0 Å². The van der Waals surface area contributed by atoms with Crippen molar-refractivity contribution >= 4 is 11.2 Å². The number of aliphatic hydroxyl groups excluding tert-OH is 1. The van der Waals surface area contributed by atoms with Crippen molar-refractivity contribution in [3.05, 3.63) is 54.0 Å². The van der Waals surface area contributed by atoms with Crippen LogP contribution in [-0.4, -0.2) is 42.7 Å². The number of hydrogen-bond acceptors (Lipinski definition) is 7. The second-order valence-corrected chi connectivity index (χ2v) is 7.15. The summed E-state index contributed by atoms with van der Waals surface area (Å²) in [6.45, 7) is 0.898. The molecule has 3 aromatic rings. The van der Waals surface area contributed by atoms with Crippen molar-refractivity contribution < 1.29 is 14.7 Å². The van der Waals surface area contributed by atoms with Gasteiger partial charge in [0.05, 0.1) is 19.0 Å². The van der Waals surface area contributed by atoms with E-state index in [2.05, 4.69) is 15.0 Å². The summed E-state index contributed by atoms with van der Waals surface area (Å²) >= 11 is 0. The fraction of sp³-hybridized carbons (Fsp3) is 0.368. The quantitative estimate of drug-likeness (QED) is 0.528. The van der Waals surface area contributed by atoms with Crippen LogP contribution in [0, 0.1) is 11.5 Å². The molecular weight excluding hydrogens is 360 g/mol. The van der Waals surface area contributed by atoms with Gasteiger partial charge < -0.3 is 19.2 Å². The minimum atomic E-state index is -0.485. The van der Waals surface area contributed by atoms with E-state index in [1.165, 1.54) is 11.1 Å². The van der Waals surface area contributed by atoms with E-state index in [1.54, 1.807) is 6.33 Å². The second kappa shape index (κ2) is 6.44. The third-order valence-electron chi connectivity index (χ3n) is 5.43. The Bertz CT molecular complexity index is 1130. The first-order valence-electron chi connectivity index (χ1n) is 9.06. The number of aromatic nitrogens is 4. The molecule has 1 aliphatic carbocycles. The lowest BCUT2D eigenvalue weighted by Gasteiger charge is -2.13. The third-order valence-corrected chi connectivity index (χ3v) is 5.43.